The third-order valence-corrected chi connectivity index (χ3v) is 5.38. The third-order valence-electron chi connectivity index (χ3n) is 3.84. The number of thioether (sulfide) groups is 1. The molecule has 0 N–H and O–H groups in total. The lowest BCUT2D eigenvalue weighted by Crippen LogP contribution is -2.13. The van der Waals surface area contributed by atoms with Crippen molar-refractivity contribution < 1.29 is 9.13 Å². The number of hydrogen-bond acceptors (Lipinski definition) is 5. The summed E-state index contributed by atoms with van der Waals surface area (Å²) in [6.45, 7) is 0. The smallest absolute Gasteiger partial charge is 0.212 e. The van der Waals surface area contributed by atoms with Crippen molar-refractivity contribution in [3.63, 3.8) is 0 Å². The molecular formula is C17H11Cl2FN4OS. The molecule has 0 bridgehead atoms. The summed E-state index contributed by atoms with van der Waals surface area (Å²) >= 11 is 13.5. The topological polar surface area (TPSA) is 52.3 Å². The molecule has 9 heteroatoms. The van der Waals surface area contributed by atoms with Crippen LogP contribution in [0.2, 0.25) is 10.0 Å². The van der Waals surface area contributed by atoms with Crippen molar-refractivity contribution in [3.8, 4) is 17.1 Å². The fraction of sp³-hybridized carbons (Fsp3) is 0.118. The summed E-state index contributed by atoms with van der Waals surface area (Å²) in [4.78, 5) is 0. The summed E-state index contributed by atoms with van der Waals surface area (Å²) in [7, 11) is 1.62. The number of hydrogen-bond donors (Lipinski definition) is 0. The van der Waals surface area contributed by atoms with Gasteiger partial charge in [-0.15, -0.1) is 10.2 Å². The van der Waals surface area contributed by atoms with E-state index >= 15 is 0 Å². The van der Waals surface area contributed by atoms with Crippen LogP contribution in [-0.2, 0) is 0 Å². The number of nitrogens with zero attached hydrogens (tertiary/aromatic N) is 4. The van der Waals surface area contributed by atoms with Crippen LogP contribution in [0.5, 0.6) is 5.75 Å². The van der Waals surface area contributed by atoms with Crippen LogP contribution in [0.25, 0.3) is 11.4 Å². The van der Waals surface area contributed by atoms with Gasteiger partial charge in [-0.25, -0.2) is 4.39 Å². The van der Waals surface area contributed by atoms with Crippen molar-refractivity contribution in [1.82, 2.24) is 14.9 Å². The fourth-order valence-corrected chi connectivity index (χ4v) is 3.82. The normalized spacial score (nSPS) is 13.3. The minimum Gasteiger partial charge on any atom is -0.497 e. The Morgan fingerprint density at radius 1 is 1.12 bits per heavy atom. The van der Waals surface area contributed by atoms with E-state index in [2.05, 4.69) is 15.3 Å². The highest BCUT2D eigenvalue weighted by Gasteiger charge is 2.23. The van der Waals surface area contributed by atoms with Crippen molar-refractivity contribution in [2.75, 3.05) is 12.9 Å². The summed E-state index contributed by atoms with van der Waals surface area (Å²) < 4.78 is 20.6. The molecule has 2 aromatic carbocycles. The van der Waals surface area contributed by atoms with Crippen LogP contribution in [0, 0.1) is 5.82 Å². The molecule has 1 aromatic heterocycles. The maximum absolute atomic E-state index is 13.9. The molecule has 5 nitrogen and oxygen atoms in total. The largest absolute Gasteiger partial charge is 0.497 e. The van der Waals surface area contributed by atoms with Crippen LogP contribution >= 0.6 is 35.0 Å². The van der Waals surface area contributed by atoms with Crippen molar-refractivity contribution in [3.05, 3.63) is 57.8 Å². The molecule has 132 valence electrons. The molecule has 0 amide bonds. The van der Waals surface area contributed by atoms with E-state index in [0.29, 0.717) is 22.3 Å². The summed E-state index contributed by atoms with van der Waals surface area (Å²) in [6, 6.07) is 10.2. The van der Waals surface area contributed by atoms with Gasteiger partial charge < -0.3 is 4.74 Å². The maximum atomic E-state index is 13.9. The molecule has 1 aliphatic rings. The zero-order valence-electron chi connectivity index (χ0n) is 13.4. The molecule has 4 rings (SSSR count). The number of rotatable bonds is 3. The second kappa shape index (κ2) is 6.90. The van der Waals surface area contributed by atoms with Crippen molar-refractivity contribution in [1.29, 1.82) is 0 Å². The molecule has 0 radical (unpaired) electrons. The summed E-state index contributed by atoms with van der Waals surface area (Å²) in [5.74, 6) is 1.20. The van der Waals surface area contributed by atoms with E-state index in [-0.39, 0.29) is 10.0 Å². The summed E-state index contributed by atoms with van der Waals surface area (Å²) in [5, 5.41) is 13.7. The maximum Gasteiger partial charge on any atom is 0.212 e. The summed E-state index contributed by atoms with van der Waals surface area (Å²) in [6.07, 6.45) is 0. The molecule has 26 heavy (non-hydrogen) atoms. The SMILES string of the molecule is COc1ccc(C2=Nn3c(nnc3-c3cc(F)c(Cl)cc3Cl)SC2)cc1. The second-order valence-corrected chi connectivity index (χ2v) is 7.18. The molecule has 0 saturated carbocycles. The van der Waals surface area contributed by atoms with Gasteiger partial charge in [-0.05, 0) is 42.0 Å². The standard InChI is InChI=1S/C17H11Cl2FN4OS/c1-25-10-4-2-9(3-5-10)15-8-26-17-22-21-16(24(17)23-15)11-6-14(20)13(19)7-12(11)18/h2-7H,8H2,1H3. The molecule has 1 aliphatic heterocycles. The van der Waals surface area contributed by atoms with Gasteiger partial charge in [0.1, 0.15) is 11.6 Å². The summed E-state index contributed by atoms with van der Waals surface area (Å²) in [5.41, 5.74) is 2.18. The Labute approximate surface area is 162 Å². The van der Waals surface area contributed by atoms with E-state index in [4.69, 9.17) is 27.9 Å². The third kappa shape index (κ3) is 3.06. The van der Waals surface area contributed by atoms with E-state index in [0.717, 1.165) is 17.0 Å². The lowest BCUT2D eigenvalue weighted by atomic mass is 10.1. The average molecular weight is 409 g/mol. The molecule has 2 heterocycles. The van der Waals surface area contributed by atoms with Gasteiger partial charge in [0, 0.05) is 11.3 Å². The van der Waals surface area contributed by atoms with Crippen LogP contribution < -0.4 is 4.74 Å². The van der Waals surface area contributed by atoms with E-state index in [1.54, 1.807) is 11.8 Å². The first-order valence-electron chi connectivity index (χ1n) is 7.52. The van der Waals surface area contributed by atoms with Crippen LogP contribution in [0.3, 0.4) is 0 Å². The van der Waals surface area contributed by atoms with Gasteiger partial charge in [0.15, 0.2) is 5.82 Å². The lowest BCUT2D eigenvalue weighted by molar-refractivity contribution is 0.415. The quantitative estimate of drug-likeness (QED) is 0.586. The van der Waals surface area contributed by atoms with Crippen molar-refractivity contribution in [2.24, 2.45) is 5.10 Å². The Bertz CT molecular complexity index is 1020. The van der Waals surface area contributed by atoms with Gasteiger partial charge in [0.05, 0.1) is 22.9 Å². The van der Waals surface area contributed by atoms with Crippen LogP contribution in [-0.4, -0.2) is 33.4 Å². The van der Waals surface area contributed by atoms with E-state index in [9.17, 15) is 4.39 Å². The van der Waals surface area contributed by atoms with Gasteiger partial charge in [0.25, 0.3) is 0 Å². The van der Waals surface area contributed by atoms with Gasteiger partial charge in [0.2, 0.25) is 5.16 Å². The second-order valence-electron chi connectivity index (χ2n) is 5.43. The number of methoxy groups -OCH3 is 1. The van der Waals surface area contributed by atoms with Gasteiger partial charge in [-0.2, -0.15) is 9.78 Å². The first-order chi connectivity index (χ1) is 12.6. The fourth-order valence-electron chi connectivity index (χ4n) is 2.51. The zero-order chi connectivity index (χ0) is 18.3. The Morgan fingerprint density at radius 2 is 1.88 bits per heavy atom. The molecule has 0 saturated heterocycles. The Balaban J connectivity index is 1.79. The number of halogens is 3. The van der Waals surface area contributed by atoms with Crippen molar-refractivity contribution >= 4 is 40.7 Å². The molecule has 0 atom stereocenters. The number of fused-ring (bicyclic) bond motifs is 1. The monoisotopic (exact) mass is 408 g/mol. The van der Waals surface area contributed by atoms with Gasteiger partial charge >= 0.3 is 0 Å². The van der Waals surface area contributed by atoms with Crippen molar-refractivity contribution in [2.45, 2.75) is 5.16 Å². The number of ether oxygens (including phenoxy) is 1. The molecule has 3 aromatic rings. The highest BCUT2D eigenvalue weighted by atomic mass is 35.5. The lowest BCUT2D eigenvalue weighted by Gasteiger charge is -2.14. The van der Waals surface area contributed by atoms with Gasteiger partial charge in [-0.1, -0.05) is 35.0 Å². The predicted molar refractivity (Wildman–Crippen MR) is 101 cm³/mol. The van der Waals surface area contributed by atoms with E-state index in [1.807, 2.05) is 24.3 Å². The highest BCUT2D eigenvalue weighted by Crippen LogP contribution is 2.34. The first-order valence-corrected chi connectivity index (χ1v) is 9.26. The predicted octanol–water partition coefficient (Wildman–Crippen LogP) is 4.76. The Hall–Kier alpha value is -2.09. The van der Waals surface area contributed by atoms with Gasteiger partial charge in [-0.3, -0.25) is 0 Å². The molecule has 0 unspecified atom stereocenters. The minimum absolute atomic E-state index is 0.0473. The van der Waals surface area contributed by atoms with Crippen LogP contribution in [0.1, 0.15) is 5.56 Å². The molecule has 0 aliphatic carbocycles. The number of aromatic nitrogens is 3. The number of benzene rings is 2. The first kappa shape index (κ1) is 17.3. The van der Waals surface area contributed by atoms with Crippen LogP contribution in [0.15, 0.2) is 46.7 Å². The molecular weight excluding hydrogens is 398 g/mol. The molecule has 0 fully saturated rings. The minimum atomic E-state index is -0.578. The van der Waals surface area contributed by atoms with Crippen LogP contribution in [0.4, 0.5) is 4.39 Å². The molecule has 0 spiro atoms. The van der Waals surface area contributed by atoms with E-state index < -0.39 is 5.82 Å². The highest BCUT2D eigenvalue weighted by molar-refractivity contribution is 7.99. The zero-order valence-corrected chi connectivity index (χ0v) is 15.7. The average Bonchev–Trinajstić information content (AvgIpc) is 3.08. The van der Waals surface area contributed by atoms with E-state index in [1.165, 1.54) is 23.9 Å². The Kier molecular flexibility index (Phi) is 4.60. The Morgan fingerprint density at radius 3 is 2.62 bits per heavy atom.